The van der Waals surface area contributed by atoms with Crippen molar-refractivity contribution >= 4 is 54.6 Å². The summed E-state index contributed by atoms with van der Waals surface area (Å²) in [6.07, 6.45) is 1.92. The van der Waals surface area contributed by atoms with Gasteiger partial charge in [-0.25, -0.2) is 4.98 Å². The van der Waals surface area contributed by atoms with E-state index in [0.29, 0.717) is 11.8 Å². The molecule has 9 aromatic rings. The third-order valence-corrected chi connectivity index (χ3v) is 9.62. The van der Waals surface area contributed by atoms with E-state index in [4.69, 9.17) is 19.1 Å². The SMILES string of the molecule is CC(C)c1cccc(C(C)C)c1-n1c(-c2cccc(Oc3ccc4ccc5c(ncc6c7ccccc7oc65)c4c3)c2)nc2ccccc21. The van der Waals surface area contributed by atoms with Crippen LogP contribution in [0.4, 0.5) is 0 Å². The molecule has 0 fully saturated rings. The molecule has 0 saturated heterocycles. The zero-order valence-corrected chi connectivity index (χ0v) is 27.9. The smallest absolute Gasteiger partial charge is 0.146 e. The van der Waals surface area contributed by atoms with E-state index in [1.807, 2.05) is 42.6 Å². The normalized spacial score (nSPS) is 12.0. The minimum Gasteiger partial charge on any atom is -0.457 e. The maximum absolute atomic E-state index is 6.59. The van der Waals surface area contributed by atoms with Gasteiger partial charge in [-0.3, -0.25) is 9.55 Å². The van der Waals surface area contributed by atoms with Crippen molar-refractivity contribution in [3.63, 3.8) is 0 Å². The van der Waals surface area contributed by atoms with Crippen molar-refractivity contribution in [2.75, 3.05) is 0 Å². The highest BCUT2D eigenvalue weighted by molar-refractivity contribution is 6.18. The van der Waals surface area contributed by atoms with Gasteiger partial charge in [-0.15, -0.1) is 0 Å². The van der Waals surface area contributed by atoms with Crippen molar-refractivity contribution in [1.82, 2.24) is 14.5 Å². The Morgan fingerprint density at radius 2 is 1.37 bits per heavy atom. The first kappa shape index (κ1) is 29.2. The molecule has 0 amide bonds. The summed E-state index contributed by atoms with van der Waals surface area (Å²) in [5, 5.41) is 5.19. The van der Waals surface area contributed by atoms with E-state index in [0.717, 1.165) is 77.5 Å². The van der Waals surface area contributed by atoms with Crippen molar-refractivity contribution in [2.24, 2.45) is 0 Å². The van der Waals surface area contributed by atoms with Crippen molar-refractivity contribution in [3.05, 3.63) is 139 Å². The summed E-state index contributed by atoms with van der Waals surface area (Å²) in [5.74, 6) is 3.07. The Morgan fingerprint density at radius 3 is 2.20 bits per heavy atom. The number of hydrogen-bond donors (Lipinski definition) is 0. The molecule has 0 unspecified atom stereocenters. The molecule has 0 spiro atoms. The first-order valence-electron chi connectivity index (χ1n) is 17.0. The van der Waals surface area contributed by atoms with E-state index in [1.54, 1.807) is 0 Å². The van der Waals surface area contributed by atoms with E-state index in [1.165, 1.54) is 16.8 Å². The van der Waals surface area contributed by atoms with Crippen LogP contribution in [0.15, 0.2) is 132 Å². The summed E-state index contributed by atoms with van der Waals surface area (Å²) < 4.78 is 15.3. The number of ether oxygens (including phenoxy) is 1. The van der Waals surface area contributed by atoms with E-state index in [2.05, 4.69) is 117 Å². The highest BCUT2D eigenvalue weighted by Crippen LogP contribution is 2.39. The molecular weight excluding hydrogens is 603 g/mol. The standard InChI is InChI=1S/C44H35N3O2/c1-26(2)32-14-10-15-33(27(3)4)42(32)47-39-17-7-6-16-38(39)46-44(47)29-11-9-12-30(23-29)48-31-21-19-28-20-22-35-41(36(28)24-31)45-25-37-34-13-5-8-18-40(34)49-43(35)37/h5-27H,1-4H3. The topological polar surface area (TPSA) is 53.1 Å². The van der Waals surface area contributed by atoms with Gasteiger partial charge in [-0.1, -0.05) is 100 Å². The zero-order chi connectivity index (χ0) is 33.2. The molecule has 0 aliphatic rings. The minimum atomic E-state index is 0.346. The summed E-state index contributed by atoms with van der Waals surface area (Å²) in [6, 6.07) is 41.9. The number of fused-ring (bicyclic) bond motifs is 8. The molecule has 0 N–H and O–H groups in total. The van der Waals surface area contributed by atoms with Crippen molar-refractivity contribution in [1.29, 1.82) is 0 Å². The number of benzene rings is 6. The molecule has 0 aliphatic heterocycles. The summed E-state index contributed by atoms with van der Waals surface area (Å²) in [4.78, 5) is 10.1. The highest BCUT2D eigenvalue weighted by atomic mass is 16.5. The summed E-state index contributed by atoms with van der Waals surface area (Å²) in [7, 11) is 0. The van der Waals surface area contributed by atoms with Gasteiger partial charge < -0.3 is 9.15 Å². The van der Waals surface area contributed by atoms with Crippen LogP contribution in [0.3, 0.4) is 0 Å². The summed E-state index contributed by atoms with van der Waals surface area (Å²) in [5.41, 5.74) is 9.48. The molecule has 0 bridgehead atoms. The number of para-hydroxylation sites is 4. The molecule has 238 valence electrons. The van der Waals surface area contributed by atoms with E-state index < -0.39 is 0 Å². The molecule has 6 aromatic carbocycles. The van der Waals surface area contributed by atoms with Gasteiger partial charge in [-0.2, -0.15) is 0 Å². The Bertz CT molecular complexity index is 2690. The molecular formula is C44H35N3O2. The van der Waals surface area contributed by atoms with Gasteiger partial charge >= 0.3 is 0 Å². The van der Waals surface area contributed by atoms with Gasteiger partial charge in [0.2, 0.25) is 0 Å². The fraction of sp³-hybridized carbons (Fsp3) is 0.136. The largest absolute Gasteiger partial charge is 0.457 e. The van der Waals surface area contributed by atoms with Gasteiger partial charge in [0.25, 0.3) is 0 Å². The molecule has 0 atom stereocenters. The highest BCUT2D eigenvalue weighted by Gasteiger charge is 2.22. The van der Waals surface area contributed by atoms with Crippen LogP contribution in [0.5, 0.6) is 11.5 Å². The quantitative estimate of drug-likeness (QED) is 0.170. The Labute approximate surface area is 284 Å². The minimum absolute atomic E-state index is 0.346. The van der Waals surface area contributed by atoms with Crippen LogP contribution < -0.4 is 4.74 Å². The number of furan rings is 1. The Hall–Kier alpha value is -5.94. The van der Waals surface area contributed by atoms with Crippen LogP contribution in [0.1, 0.15) is 50.7 Å². The third kappa shape index (κ3) is 4.76. The molecule has 9 rings (SSSR count). The van der Waals surface area contributed by atoms with Crippen LogP contribution in [0.25, 0.3) is 71.7 Å². The first-order chi connectivity index (χ1) is 23.9. The van der Waals surface area contributed by atoms with E-state index in [-0.39, 0.29) is 0 Å². The fourth-order valence-corrected chi connectivity index (χ4v) is 7.24. The Balaban J connectivity index is 1.16. The third-order valence-electron chi connectivity index (χ3n) is 9.62. The number of pyridine rings is 1. The number of rotatable bonds is 6. The molecule has 0 radical (unpaired) electrons. The second-order valence-corrected chi connectivity index (χ2v) is 13.4. The van der Waals surface area contributed by atoms with Crippen LogP contribution >= 0.6 is 0 Å². The fourth-order valence-electron chi connectivity index (χ4n) is 7.24. The monoisotopic (exact) mass is 637 g/mol. The lowest BCUT2D eigenvalue weighted by Gasteiger charge is -2.22. The molecule has 3 aromatic heterocycles. The molecule has 0 aliphatic carbocycles. The van der Waals surface area contributed by atoms with Crippen LogP contribution in [0.2, 0.25) is 0 Å². The maximum Gasteiger partial charge on any atom is 0.146 e. The number of hydrogen-bond acceptors (Lipinski definition) is 4. The lowest BCUT2D eigenvalue weighted by Crippen LogP contribution is -2.08. The molecule has 49 heavy (non-hydrogen) atoms. The summed E-state index contributed by atoms with van der Waals surface area (Å²) >= 11 is 0. The average molecular weight is 638 g/mol. The van der Waals surface area contributed by atoms with Crippen molar-refractivity contribution in [2.45, 2.75) is 39.5 Å². The second kappa shape index (κ2) is 11.3. The van der Waals surface area contributed by atoms with Gasteiger partial charge in [-0.05, 0) is 76.9 Å². The number of aromatic nitrogens is 3. The van der Waals surface area contributed by atoms with Gasteiger partial charge in [0.05, 0.1) is 22.2 Å². The van der Waals surface area contributed by atoms with E-state index >= 15 is 0 Å². The lowest BCUT2D eigenvalue weighted by molar-refractivity contribution is 0.483. The Morgan fingerprint density at radius 1 is 0.633 bits per heavy atom. The number of imidazole rings is 1. The summed E-state index contributed by atoms with van der Waals surface area (Å²) in [6.45, 7) is 9.05. The second-order valence-electron chi connectivity index (χ2n) is 13.4. The predicted octanol–water partition coefficient (Wildman–Crippen LogP) is 12.3. The van der Waals surface area contributed by atoms with Crippen molar-refractivity contribution < 1.29 is 9.15 Å². The molecule has 3 heterocycles. The van der Waals surface area contributed by atoms with Gasteiger partial charge in [0, 0.05) is 33.3 Å². The Kier molecular flexibility index (Phi) is 6.76. The average Bonchev–Trinajstić information content (AvgIpc) is 3.70. The predicted molar refractivity (Wildman–Crippen MR) is 201 cm³/mol. The van der Waals surface area contributed by atoms with Gasteiger partial charge in [0.15, 0.2) is 0 Å². The van der Waals surface area contributed by atoms with Gasteiger partial charge in [0.1, 0.15) is 28.5 Å². The van der Waals surface area contributed by atoms with Crippen LogP contribution in [-0.4, -0.2) is 14.5 Å². The van der Waals surface area contributed by atoms with Crippen molar-refractivity contribution in [3.8, 4) is 28.6 Å². The molecule has 5 nitrogen and oxygen atoms in total. The molecule has 5 heteroatoms. The van der Waals surface area contributed by atoms with Crippen LogP contribution in [0, 0.1) is 0 Å². The lowest BCUT2D eigenvalue weighted by atomic mass is 9.92. The first-order valence-corrected chi connectivity index (χ1v) is 17.0. The number of nitrogens with zero attached hydrogens (tertiary/aromatic N) is 3. The van der Waals surface area contributed by atoms with Crippen LogP contribution in [-0.2, 0) is 0 Å². The maximum atomic E-state index is 6.59. The van der Waals surface area contributed by atoms with E-state index in [9.17, 15) is 0 Å². The molecule has 0 saturated carbocycles. The zero-order valence-electron chi connectivity index (χ0n) is 27.9.